The van der Waals surface area contributed by atoms with Crippen LogP contribution in [0.2, 0.25) is 0 Å². The van der Waals surface area contributed by atoms with Crippen LogP contribution in [0, 0.1) is 5.82 Å². The van der Waals surface area contributed by atoms with E-state index < -0.39 is 17.1 Å². The molecule has 0 N–H and O–H groups in total. The molecule has 0 fully saturated rings. The highest BCUT2D eigenvalue weighted by Gasteiger charge is 2.20. The lowest BCUT2D eigenvalue weighted by molar-refractivity contribution is -0.130. The van der Waals surface area contributed by atoms with E-state index in [0.29, 0.717) is 16.8 Å². The summed E-state index contributed by atoms with van der Waals surface area (Å²) in [6.45, 7) is 2.41. The van der Waals surface area contributed by atoms with Gasteiger partial charge in [-0.2, -0.15) is 0 Å². The van der Waals surface area contributed by atoms with Crippen molar-refractivity contribution >= 4 is 27.5 Å². The summed E-state index contributed by atoms with van der Waals surface area (Å²) in [7, 11) is 1.68. The van der Waals surface area contributed by atoms with Gasteiger partial charge in [0.15, 0.2) is 0 Å². The van der Waals surface area contributed by atoms with Gasteiger partial charge in [-0.25, -0.2) is 13.8 Å². The molecule has 8 heteroatoms. The summed E-state index contributed by atoms with van der Waals surface area (Å²) in [5.74, 6) is -0.915. The Hall–Kier alpha value is -2.74. The molecule has 0 aliphatic heterocycles. The topological polar surface area (TPSA) is 64.3 Å². The van der Waals surface area contributed by atoms with Crippen molar-refractivity contribution < 1.29 is 9.18 Å². The Morgan fingerprint density at radius 1 is 1.22 bits per heavy atom. The number of thiophene rings is 1. The largest absolute Gasteiger partial charge is 0.344 e. The number of carbonyl (C=O) groups excluding carboxylic acids is 1. The first kappa shape index (κ1) is 19.0. The van der Waals surface area contributed by atoms with Crippen LogP contribution in [0.1, 0.15) is 19.8 Å². The van der Waals surface area contributed by atoms with Crippen molar-refractivity contribution in [1.82, 2.24) is 14.0 Å². The molecule has 0 aliphatic carbocycles. The fourth-order valence-corrected chi connectivity index (χ4v) is 3.69. The molecule has 2 heterocycles. The fourth-order valence-electron chi connectivity index (χ4n) is 2.86. The highest BCUT2D eigenvalue weighted by molar-refractivity contribution is 7.17. The van der Waals surface area contributed by atoms with Gasteiger partial charge in [-0.1, -0.05) is 25.5 Å². The number of aromatic nitrogens is 2. The molecule has 0 bridgehead atoms. The van der Waals surface area contributed by atoms with Gasteiger partial charge in [0.25, 0.3) is 5.56 Å². The lowest BCUT2D eigenvalue weighted by Crippen LogP contribution is -2.42. The summed E-state index contributed by atoms with van der Waals surface area (Å²) in [6, 6.07) is 7.23. The highest BCUT2D eigenvalue weighted by atomic mass is 32.1. The third-order valence-corrected chi connectivity index (χ3v) is 5.31. The molecule has 3 rings (SSSR count). The maximum atomic E-state index is 14.2. The number of halogens is 1. The number of carbonyl (C=O) groups is 1. The summed E-state index contributed by atoms with van der Waals surface area (Å²) in [6.07, 6.45) is 1.81. The van der Waals surface area contributed by atoms with Crippen LogP contribution in [-0.2, 0) is 11.3 Å². The number of hydrogen-bond acceptors (Lipinski definition) is 4. The van der Waals surface area contributed by atoms with Gasteiger partial charge in [0, 0.05) is 13.6 Å². The van der Waals surface area contributed by atoms with Crippen molar-refractivity contribution in [2.45, 2.75) is 26.3 Å². The molecule has 2 aromatic heterocycles. The molecule has 3 aromatic rings. The minimum absolute atomic E-state index is 0.122. The summed E-state index contributed by atoms with van der Waals surface area (Å²) in [5, 5.41) is 1.68. The molecule has 0 atom stereocenters. The quantitative estimate of drug-likeness (QED) is 0.651. The molecule has 6 nitrogen and oxygen atoms in total. The van der Waals surface area contributed by atoms with Crippen molar-refractivity contribution in [3.8, 4) is 5.69 Å². The van der Waals surface area contributed by atoms with Crippen LogP contribution in [0.25, 0.3) is 15.9 Å². The number of amides is 1. The zero-order valence-corrected chi connectivity index (χ0v) is 16.0. The van der Waals surface area contributed by atoms with Gasteiger partial charge in [-0.3, -0.25) is 14.2 Å². The Balaban J connectivity index is 2.15. The van der Waals surface area contributed by atoms with Gasteiger partial charge >= 0.3 is 5.69 Å². The van der Waals surface area contributed by atoms with E-state index in [2.05, 4.69) is 0 Å². The van der Waals surface area contributed by atoms with E-state index in [1.165, 1.54) is 22.8 Å². The van der Waals surface area contributed by atoms with Crippen LogP contribution in [-0.4, -0.2) is 33.5 Å². The van der Waals surface area contributed by atoms with Crippen LogP contribution in [0.15, 0.2) is 45.3 Å². The Kier molecular flexibility index (Phi) is 5.55. The average Bonchev–Trinajstić information content (AvgIpc) is 3.14. The number of rotatable bonds is 6. The van der Waals surface area contributed by atoms with Crippen LogP contribution >= 0.6 is 11.3 Å². The second-order valence-electron chi connectivity index (χ2n) is 6.26. The van der Waals surface area contributed by atoms with E-state index in [-0.39, 0.29) is 18.1 Å². The van der Waals surface area contributed by atoms with Gasteiger partial charge < -0.3 is 4.90 Å². The molecule has 27 heavy (non-hydrogen) atoms. The molecule has 0 aliphatic rings. The highest BCUT2D eigenvalue weighted by Crippen LogP contribution is 2.17. The van der Waals surface area contributed by atoms with Crippen molar-refractivity contribution in [2.24, 2.45) is 0 Å². The first-order chi connectivity index (χ1) is 13.0. The lowest BCUT2D eigenvalue weighted by Gasteiger charge is -2.18. The molecule has 0 radical (unpaired) electrons. The summed E-state index contributed by atoms with van der Waals surface area (Å²) in [4.78, 5) is 39.9. The zero-order chi connectivity index (χ0) is 19.6. The van der Waals surface area contributed by atoms with E-state index >= 15 is 0 Å². The number of fused-ring (bicyclic) bond motifs is 1. The minimum Gasteiger partial charge on any atom is -0.344 e. The first-order valence-corrected chi connectivity index (χ1v) is 9.55. The van der Waals surface area contributed by atoms with Crippen molar-refractivity contribution in [1.29, 1.82) is 0 Å². The maximum absolute atomic E-state index is 14.2. The van der Waals surface area contributed by atoms with Gasteiger partial charge in [0.05, 0.1) is 11.2 Å². The van der Waals surface area contributed by atoms with Crippen molar-refractivity contribution in [3.63, 3.8) is 0 Å². The summed E-state index contributed by atoms with van der Waals surface area (Å²) < 4.78 is 16.6. The number of nitrogens with zero attached hydrogens (tertiary/aromatic N) is 3. The predicted molar refractivity (Wildman–Crippen MR) is 104 cm³/mol. The first-order valence-electron chi connectivity index (χ1n) is 8.67. The van der Waals surface area contributed by atoms with Gasteiger partial charge in [0.2, 0.25) is 5.91 Å². The van der Waals surface area contributed by atoms with Crippen LogP contribution in [0.5, 0.6) is 0 Å². The van der Waals surface area contributed by atoms with E-state index in [1.54, 1.807) is 29.5 Å². The van der Waals surface area contributed by atoms with Gasteiger partial charge in [-0.15, -0.1) is 11.3 Å². The summed E-state index contributed by atoms with van der Waals surface area (Å²) in [5.41, 5.74) is -1.05. The standard InChI is InChI=1S/C19H20FN3O3S/c1-3-4-10-21(2)16(24)12-22-15-9-11-27-17(15)18(25)23(19(22)26)14-8-6-5-7-13(14)20/h5-9,11H,3-4,10,12H2,1-2H3. The molecule has 0 saturated heterocycles. The molecule has 0 spiro atoms. The van der Waals surface area contributed by atoms with Gasteiger partial charge in [-0.05, 0) is 30.0 Å². The average molecular weight is 389 g/mol. The van der Waals surface area contributed by atoms with Gasteiger partial charge in [0.1, 0.15) is 17.1 Å². The fraction of sp³-hybridized carbons (Fsp3) is 0.316. The molecule has 142 valence electrons. The number of hydrogen-bond donors (Lipinski definition) is 0. The summed E-state index contributed by atoms with van der Waals surface area (Å²) >= 11 is 1.16. The maximum Gasteiger partial charge on any atom is 0.336 e. The Labute approximate surface area is 159 Å². The molecule has 1 amide bonds. The molecular formula is C19H20FN3O3S. The van der Waals surface area contributed by atoms with Crippen molar-refractivity contribution in [3.05, 3.63) is 62.4 Å². The van der Waals surface area contributed by atoms with E-state index in [1.807, 2.05) is 6.92 Å². The van der Waals surface area contributed by atoms with Crippen LogP contribution < -0.4 is 11.2 Å². The Morgan fingerprint density at radius 2 is 1.96 bits per heavy atom. The second-order valence-corrected chi connectivity index (χ2v) is 7.18. The predicted octanol–water partition coefficient (Wildman–Crippen LogP) is 2.61. The number of para-hydroxylation sites is 1. The van der Waals surface area contributed by atoms with Crippen LogP contribution in [0.3, 0.4) is 0 Å². The zero-order valence-electron chi connectivity index (χ0n) is 15.1. The molecular weight excluding hydrogens is 369 g/mol. The Bertz CT molecular complexity index is 1100. The third kappa shape index (κ3) is 3.57. The second kappa shape index (κ2) is 7.87. The minimum atomic E-state index is -0.728. The van der Waals surface area contributed by atoms with E-state index in [4.69, 9.17) is 0 Å². The number of benzene rings is 1. The SMILES string of the molecule is CCCCN(C)C(=O)Cn1c(=O)n(-c2ccccc2F)c(=O)c2sccc21. The molecule has 0 saturated carbocycles. The van der Waals surface area contributed by atoms with E-state index in [0.717, 1.165) is 28.7 Å². The molecule has 1 aromatic carbocycles. The van der Waals surface area contributed by atoms with E-state index in [9.17, 15) is 18.8 Å². The Morgan fingerprint density at radius 3 is 2.67 bits per heavy atom. The lowest BCUT2D eigenvalue weighted by atomic mass is 10.3. The van der Waals surface area contributed by atoms with Crippen molar-refractivity contribution in [2.75, 3.05) is 13.6 Å². The monoisotopic (exact) mass is 389 g/mol. The third-order valence-electron chi connectivity index (χ3n) is 4.41. The van der Waals surface area contributed by atoms with Crippen LogP contribution in [0.4, 0.5) is 4.39 Å². The normalized spacial score (nSPS) is 11.1. The smallest absolute Gasteiger partial charge is 0.336 e. The number of unbranched alkanes of at least 4 members (excludes halogenated alkanes) is 1. The molecule has 0 unspecified atom stereocenters. The number of likely N-dealkylation sites (N-methyl/N-ethyl adjacent to an activating group) is 1.